The number of nitrogens with two attached hydrogens (primary N) is 1. The average molecular weight is 277 g/mol. The Hall–Kier alpha value is -2.24. The fraction of sp³-hybridized carbons (Fsp3) is 0.429. The molecule has 1 amide bonds. The zero-order valence-electron chi connectivity index (χ0n) is 11.5. The summed E-state index contributed by atoms with van der Waals surface area (Å²) < 4.78 is 5.22. The number of hydrogen-bond donors (Lipinski definition) is 2. The molecule has 0 aromatic heterocycles. The van der Waals surface area contributed by atoms with Crippen LogP contribution in [0.5, 0.6) is 5.75 Å². The topological polar surface area (TPSA) is 88.2 Å². The second-order valence-electron chi connectivity index (χ2n) is 4.82. The third-order valence-electron chi connectivity index (χ3n) is 3.58. The van der Waals surface area contributed by atoms with Crippen LogP contribution in [0.3, 0.4) is 0 Å². The van der Waals surface area contributed by atoms with E-state index in [0.717, 1.165) is 12.8 Å². The van der Waals surface area contributed by atoms with E-state index < -0.39 is 0 Å². The maximum atomic E-state index is 12.5. The lowest BCUT2D eigenvalue weighted by Gasteiger charge is -2.32. The van der Waals surface area contributed by atoms with Gasteiger partial charge in [-0.05, 0) is 25.0 Å². The monoisotopic (exact) mass is 277 g/mol. The Morgan fingerprint density at radius 1 is 1.50 bits per heavy atom. The van der Waals surface area contributed by atoms with Crippen molar-refractivity contribution >= 4 is 11.7 Å². The van der Waals surface area contributed by atoms with Gasteiger partial charge in [0.1, 0.15) is 11.6 Å². The molecule has 20 heavy (non-hydrogen) atoms. The molecule has 1 aromatic carbocycles. The minimum absolute atomic E-state index is 0.0853. The number of ether oxygens (including phenoxy) is 1. The lowest BCUT2D eigenvalue weighted by Crippen LogP contribution is -2.44. The molecular weight excluding hydrogens is 258 g/mol. The van der Waals surface area contributed by atoms with Crippen molar-refractivity contribution in [3.63, 3.8) is 0 Å². The Balaban J connectivity index is 2.16. The van der Waals surface area contributed by atoms with E-state index >= 15 is 0 Å². The van der Waals surface area contributed by atoms with E-state index in [-0.39, 0.29) is 17.7 Å². The first kappa shape index (κ1) is 14.2. The van der Waals surface area contributed by atoms with E-state index in [1.807, 2.05) is 6.07 Å². The first-order chi connectivity index (χ1) is 9.67. The lowest BCUT2D eigenvalue weighted by molar-refractivity contribution is 0.0698. The van der Waals surface area contributed by atoms with Crippen LogP contribution in [0.1, 0.15) is 23.2 Å². The van der Waals surface area contributed by atoms with Crippen LogP contribution in [0.4, 0.5) is 0 Å². The van der Waals surface area contributed by atoms with Crippen LogP contribution < -0.4 is 10.5 Å². The summed E-state index contributed by atoms with van der Waals surface area (Å²) in [6.45, 7) is 1.14. The third kappa shape index (κ3) is 2.84. The van der Waals surface area contributed by atoms with Gasteiger partial charge in [0.05, 0.1) is 12.7 Å². The SMILES string of the molecule is COc1ccccc1C(=O)N1CCCC(C(N)=NO)C1. The maximum Gasteiger partial charge on any atom is 0.257 e. The van der Waals surface area contributed by atoms with Crippen molar-refractivity contribution in [3.05, 3.63) is 29.8 Å². The zero-order chi connectivity index (χ0) is 14.5. The van der Waals surface area contributed by atoms with Gasteiger partial charge in [0.25, 0.3) is 5.91 Å². The first-order valence-electron chi connectivity index (χ1n) is 6.57. The number of carbonyl (C=O) groups excluding carboxylic acids is 1. The van der Waals surface area contributed by atoms with Crippen molar-refractivity contribution in [2.24, 2.45) is 16.8 Å². The molecule has 108 valence electrons. The van der Waals surface area contributed by atoms with Gasteiger partial charge in [0, 0.05) is 19.0 Å². The van der Waals surface area contributed by atoms with Crippen molar-refractivity contribution in [2.45, 2.75) is 12.8 Å². The van der Waals surface area contributed by atoms with Gasteiger partial charge in [-0.15, -0.1) is 0 Å². The molecule has 0 saturated carbocycles. The summed E-state index contributed by atoms with van der Waals surface area (Å²) in [5, 5.41) is 11.8. The molecule has 0 spiro atoms. The van der Waals surface area contributed by atoms with Crippen LogP contribution in [0.2, 0.25) is 0 Å². The van der Waals surface area contributed by atoms with E-state index in [1.165, 1.54) is 0 Å². The number of hydrogen-bond acceptors (Lipinski definition) is 4. The second kappa shape index (κ2) is 6.27. The summed E-state index contributed by atoms with van der Waals surface area (Å²) in [6.07, 6.45) is 1.66. The highest BCUT2D eigenvalue weighted by atomic mass is 16.5. The number of amidine groups is 1. The third-order valence-corrected chi connectivity index (χ3v) is 3.58. The number of oxime groups is 1. The Labute approximate surface area is 117 Å². The van der Waals surface area contributed by atoms with Crippen molar-refractivity contribution in [1.29, 1.82) is 0 Å². The molecule has 1 saturated heterocycles. The number of para-hydroxylation sites is 1. The Morgan fingerprint density at radius 2 is 2.25 bits per heavy atom. The zero-order valence-corrected chi connectivity index (χ0v) is 11.5. The maximum absolute atomic E-state index is 12.5. The molecule has 0 aliphatic carbocycles. The molecule has 0 radical (unpaired) electrons. The van der Waals surface area contributed by atoms with Gasteiger partial charge >= 0.3 is 0 Å². The summed E-state index contributed by atoms with van der Waals surface area (Å²) >= 11 is 0. The van der Waals surface area contributed by atoms with Crippen molar-refractivity contribution in [1.82, 2.24) is 4.90 Å². The number of methoxy groups -OCH3 is 1. The van der Waals surface area contributed by atoms with Crippen LogP contribution in [-0.2, 0) is 0 Å². The fourth-order valence-corrected chi connectivity index (χ4v) is 2.48. The summed E-state index contributed by atoms with van der Waals surface area (Å²) in [5.41, 5.74) is 6.18. The van der Waals surface area contributed by atoms with Crippen LogP contribution >= 0.6 is 0 Å². The number of likely N-dealkylation sites (tertiary alicyclic amines) is 1. The number of rotatable bonds is 3. The molecule has 1 aliphatic heterocycles. The molecule has 1 atom stereocenters. The van der Waals surface area contributed by atoms with Gasteiger partial charge in [-0.1, -0.05) is 17.3 Å². The molecule has 1 unspecified atom stereocenters. The van der Waals surface area contributed by atoms with Crippen LogP contribution in [0.25, 0.3) is 0 Å². The number of nitrogens with zero attached hydrogens (tertiary/aromatic N) is 2. The summed E-state index contributed by atoms with van der Waals surface area (Å²) in [7, 11) is 1.54. The number of carbonyl (C=O) groups is 1. The molecule has 1 aliphatic rings. The van der Waals surface area contributed by atoms with E-state index in [0.29, 0.717) is 24.4 Å². The molecule has 6 nitrogen and oxygen atoms in total. The fourth-order valence-electron chi connectivity index (χ4n) is 2.48. The highest BCUT2D eigenvalue weighted by Crippen LogP contribution is 2.23. The van der Waals surface area contributed by atoms with E-state index in [9.17, 15) is 4.79 Å². The standard InChI is InChI=1S/C14H19N3O3/c1-20-12-7-3-2-6-11(12)14(18)17-8-4-5-10(9-17)13(15)16-19/h2-3,6-7,10,19H,4-5,8-9H2,1H3,(H2,15,16). The minimum Gasteiger partial charge on any atom is -0.496 e. The van der Waals surface area contributed by atoms with Gasteiger partial charge in [-0.2, -0.15) is 0 Å². The molecular formula is C14H19N3O3. The number of piperidine rings is 1. The molecule has 1 fully saturated rings. The molecule has 1 heterocycles. The van der Waals surface area contributed by atoms with E-state index in [2.05, 4.69) is 5.16 Å². The van der Waals surface area contributed by atoms with E-state index in [4.69, 9.17) is 15.7 Å². The minimum atomic E-state index is -0.0904. The highest BCUT2D eigenvalue weighted by Gasteiger charge is 2.28. The van der Waals surface area contributed by atoms with Crippen LogP contribution in [0.15, 0.2) is 29.4 Å². The van der Waals surface area contributed by atoms with Crippen LogP contribution in [-0.4, -0.2) is 42.0 Å². The van der Waals surface area contributed by atoms with E-state index in [1.54, 1.807) is 30.2 Å². The predicted molar refractivity (Wildman–Crippen MR) is 75.0 cm³/mol. The van der Waals surface area contributed by atoms with Crippen molar-refractivity contribution in [3.8, 4) is 5.75 Å². The van der Waals surface area contributed by atoms with Crippen LogP contribution in [0, 0.1) is 5.92 Å². The predicted octanol–water partition coefficient (Wildman–Crippen LogP) is 1.29. The van der Waals surface area contributed by atoms with Gasteiger partial charge in [0.15, 0.2) is 0 Å². The smallest absolute Gasteiger partial charge is 0.257 e. The van der Waals surface area contributed by atoms with Crippen molar-refractivity contribution < 1.29 is 14.7 Å². The van der Waals surface area contributed by atoms with Gasteiger partial charge < -0.3 is 20.6 Å². The molecule has 6 heteroatoms. The normalized spacial score (nSPS) is 19.8. The second-order valence-corrected chi connectivity index (χ2v) is 4.82. The Bertz CT molecular complexity index is 516. The average Bonchev–Trinajstić information content (AvgIpc) is 2.53. The van der Waals surface area contributed by atoms with Gasteiger partial charge in [-0.3, -0.25) is 4.79 Å². The largest absolute Gasteiger partial charge is 0.496 e. The molecule has 3 N–H and O–H groups in total. The summed E-state index contributed by atoms with van der Waals surface area (Å²) in [6, 6.07) is 7.14. The first-order valence-corrected chi connectivity index (χ1v) is 6.57. The summed E-state index contributed by atoms with van der Waals surface area (Å²) in [4.78, 5) is 14.3. The molecule has 1 aromatic rings. The molecule has 0 bridgehead atoms. The highest BCUT2D eigenvalue weighted by molar-refractivity contribution is 5.97. The number of benzene rings is 1. The Kier molecular flexibility index (Phi) is 4.45. The number of amides is 1. The lowest BCUT2D eigenvalue weighted by atomic mass is 9.96. The van der Waals surface area contributed by atoms with Crippen molar-refractivity contribution in [2.75, 3.05) is 20.2 Å². The summed E-state index contributed by atoms with van der Waals surface area (Å²) in [5.74, 6) is 0.566. The van der Waals surface area contributed by atoms with Gasteiger partial charge in [-0.25, -0.2) is 0 Å². The Morgan fingerprint density at radius 3 is 2.95 bits per heavy atom. The quantitative estimate of drug-likeness (QED) is 0.377. The van der Waals surface area contributed by atoms with Gasteiger partial charge in [0.2, 0.25) is 0 Å². The molecule has 2 rings (SSSR count).